The molecule has 0 aromatic heterocycles. The second-order valence-electron chi connectivity index (χ2n) is 8.68. The highest BCUT2D eigenvalue weighted by molar-refractivity contribution is 5.64. The lowest BCUT2D eigenvalue weighted by Crippen LogP contribution is -2.52. The van der Waals surface area contributed by atoms with Gasteiger partial charge in [0.2, 0.25) is 6.41 Å². The van der Waals surface area contributed by atoms with Gasteiger partial charge in [0.05, 0.1) is 38.9 Å². The van der Waals surface area contributed by atoms with E-state index in [2.05, 4.69) is 5.32 Å². The molecular weight excluding hydrogens is 450 g/mol. The number of carbonyl (C=O) groups excluding carboxylic acids is 1. The number of amides is 1. The zero-order valence-electron chi connectivity index (χ0n) is 19.6. The van der Waals surface area contributed by atoms with Crippen LogP contribution in [0.25, 0.3) is 0 Å². The first-order valence-corrected chi connectivity index (χ1v) is 11.2. The van der Waals surface area contributed by atoms with Crippen LogP contribution in [0.4, 0.5) is 0 Å². The molecule has 0 radical (unpaired) electrons. The molecule has 1 aliphatic heterocycles. The lowest BCUT2D eigenvalue weighted by atomic mass is 9.71. The van der Waals surface area contributed by atoms with Crippen molar-refractivity contribution < 1.29 is 34.0 Å². The third kappa shape index (κ3) is 3.03. The molecule has 1 saturated carbocycles. The molecule has 1 aliphatic carbocycles. The van der Waals surface area contributed by atoms with Gasteiger partial charge in [-0.15, -0.1) is 0 Å². The van der Waals surface area contributed by atoms with Crippen molar-refractivity contribution in [3.8, 4) is 23.0 Å². The average molecular weight is 478 g/mol. The molecule has 1 amide bonds. The Labute approximate surface area is 203 Å². The molecule has 35 heavy (non-hydrogen) atoms. The number of methoxy groups -OCH3 is 3. The van der Waals surface area contributed by atoms with E-state index in [1.165, 1.54) is 14.2 Å². The highest BCUT2D eigenvalue weighted by Crippen LogP contribution is 2.68. The van der Waals surface area contributed by atoms with E-state index in [0.29, 0.717) is 40.5 Å². The summed E-state index contributed by atoms with van der Waals surface area (Å²) in [5.74, 6) is 1.05. The van der Waals surface area contributed by atoms with Crippen molar-refractivity contribution in [2.75, 3.05) is 21.3 Å². The van der Waals surface area contributed by atoms with Crippen molar-refractivity contribution in [3.63, 3.8) is 0 Å². The standard InChI is InChI=1S/C27H27NO7/c1-32-18-11-9-17(10-12-18)27-22(16-7-5-4-6-8-16)24(28-15-29)25(30)26(27,31)23-20(34-3)13-19(33-2)14-21(23)35-27/h4-15,22,24-25,30-31H,1-3H3,(H,28,29)/t22?,24-,25-,26+,27+/m1/s1. The predicted octanol–water partition coefficient (Wildman–Crippen LogP) is 2.46. The Morgan fingerprint density at radius 1 is 0.943 bits per heavy atom. The smallest absolute Gasteiger partial charge is 0.207 e. The number of rotatable bonds is 7. The average Bonchev–Trinajstić information content (AvgIpc) is 3.27. The van der Waals surface area contributed by atoms with Crippen molar-refractivity contribution in [1.29, 1.82) is 0 Å². The summed E-state index contributed by atoms with van der Waals surface area (Å²) in [4.78, 5) is 11.7. The van der Waals surface area contributed by atoms with Gasteiger partial charge in [-0.1, -0.05) is 42.5 Å². The fourth-order valence-electron chi connectivity index (χ4n) is 5.77. The minimum absolute atomic E-state index is 0.292. The second kappa shape index (κ2) is 8.48. The normalized spacial score (nSPS) is 28.4. The summed E-state index contributed by atoms with van der Waals surface area (Å²) >= 11 is 0. The summed E-state index contributed by atoms with van der Waals surface area (Å²) in [5, 5.41) is 27.1. The maximum absolute atomic E-state index is 12.6. The van der Waals surface area contributed by atoms with Gasteiger partial charge >= 0.3 is 0 Å². The zero-order chi connectivity index (χ0) is 24.8. The molecule has 1 fully saturated rings. The van der Waals surface area contributed by atoms with E-state index in [1.807, 2.05) is 30.3 Å². The van der Waals surface area contributed by atoms with Crippen LogP contribution in [0.3, 0.4) is 0 Å². The van der Waals surface area contributed by atoms with Crippen molar-refractivity contribution in [3.05, 3.63) is 83.4 Å². The fourth-order valence-corrected chi connectivity index (χ4v) is 5.77. The van der Waals surface area contributed by atoms with E-state index >= 15 is 0 Å². The quantitative estimate of drug-likeness (QED) is 0.449. The van der Waals surface area contributed by atoms with E-state index in [9.17, 15) is 15.0 Å². The number of hydrogen-bond acceptors (Lipinski definition) is 7. The summed E-state index contributed by atoms with van der Waals surface area (Å²) in [6.45, 7) is 0. The Hall–Kier alpha value is -3.75. The van der Waals surface area contributed by atoms with Crippen LogP contribution >= 0.6 is 0 Å². The highest BCUT2D eigenvalue weighted by Gasteiger charge is 2.77. The Morgan fingerprint density at radius 2 is 1.63 bits per heavy atom. The summed E-state index contributed by atoms with van der Waals surface area (Å²) in [5.41, 5.74) is -1.85. The monoisotopic (exact) mass is 477 g/mol. The van der Waals surface area contributed by atoms with Crippen LogP contribution in [0.2, 0.25) is 0 Å². The van der Waals surface area contributed by atoms with Gasteiger partial charge in [0.15, 0.2) is 11.2 Å². The largest absolute Gasteiger partial charge is 0.497 e. The van der Waals surface area contributed by atoms with Gasteiger partial charge in [-0.25, -0.2) is 0 Å². The summed E-state index contributed by atoms with van der Waals surface area (Å²) < 4.78 is 23.1. The van der Waals surface area contributed by atoms with Crippen LogP contribution in [0.5, 0.6) is 23.0 Å². The van der Waals surface area contributed by atoms with Crippen molar-refractivity contribution >= 4 is 6.41 Å². The van der Waals surface area contributed by atoms with Crippen LogP contribution < -0.4 is 24.3 Å². The Kier molecular flexibility index (Phi) is 5.57. The van der Waals surface area contributed by atoms with Crippen molar-refractivity contribution in [2.45, 2.75) is 29.3 Å². The van der Waals surface area contributed by atoms with Crippen molar-refractivity contribution in [2.24, 2.45) is 0 Å². The lowest BCUT2D eigenvalue weighted by Gasteiger charge is -2.40. The number of nitrogens with one attached hydrogen (secondary N) is 1. The molecule has 8 heteroatoms. The fraction of sp³-hybridized carbons (Fsp3) is 0.296. The van der Waals surface area contributed by atoms with Crippen molar-refractivity contribution in [1.82, 2.24) is 5.32 Å². The molecule has 0 bridgehead atoms. The molecule has 3 aromatic carbocycles. The van der Waals surface area contributed by atoms with Crippen LogP contribution in [0, 0.1) is 0 Å². The first-order valence-electron chi connectivity index (χ1n) is 11.2. The van der Waals surface area contributed by atoms with Gasteiger partial charge in [-0.2, -0.15) is 0 Å². The van der Waals surface area contributed by atoms with E-state index < -0.39 is 29.3 Å². The number of benzene rings is 3. The van der Waals surface area contributed by atoms with Gasteiger partial charge in [-0.05, 0) is 23.3 Å². The van der Waals surface area contributed by atoms with Gasteiger partial charge in [-0.3, -0.25) is 4.79 Å². The first kappa shape index (κ1) is 23.0. The van der Waals surface area contributed by atoms with E-state index in [0.717, 1.165) is 5.56 Å². The van der Waals surface area contributed by atoms with Gasteiger partial charge in [0, 0.05) is 12.1 Å². The molecule has 5 rings (SSSR count). The molecule has 8 nitrogen and oxygen atoms in total. The van der Waals surface area contributed by atoms with Gasteiger partial charge < -0.3 is 34.5 Å². The van der Waals surface area contributed by atoms with Crippen LogP contribution in [0.15, 0.2) is 66.7 Å². The molecule has 3 N–H and O–H groups in total. The van der Waals surface area contributed by atoms with E-state index in [-0.39, 0.29) is 0 Å². The maximum atomic E-state index is 12.6. The third-order valence-electron chi connectivity index (χ3n) is 7.22. The number of aliphatic hydroxyl groups excluding tert-OH is 1. The Morgan fingerprint density at radius 3 is 2.23 bits per heavy atom. The SMILES string of the molecule is COc1ccc([C@@]23Oc4cc(OC)cc(OC)c4[C@]2(O)[C@H](O)[C@H](NC=O)C3c2ccccc2)cc1. The molecule has 0 spiro atoms. The van der Waals surface area contributed by atoms with E-state index in [1.54, 1.807) is 43.5 Å². The topological polar surface area (TPSA) is 106 Å². The molecule has 2 aliphatic rings. The highest BCUT2D eigenvalue weighted by atomic mass is 16.5. The molecule has 182 valence electrons. The molecule has 0 saturated heterocycles. The van der Waals surface area contributed by atoms with Gasteiger partial charge in [0.25, 0.3) is 0 Å². The second-order valence-corrected chi connectivity index (χ2v) is 8.68. The van der Waals surface area contributed by atoms with Crippen LogP contribution in [0.1, 0.15) is 22.6 Å². The maximum Gasteiger partial charge on any atom is 0.207 e. The number of fused-ring (bicyclic) bond motifs is 3. The number of hydrogen-bond donors (Lipinski definition) is 3. The summed E-state index contributed by atoms with van der Waals surface area (Å²) in [6, 6.07) is 18.9. The lowest BCUT2D eigenvalue weighted by molar-refractivity contribution is -0.151. The van der Waals surface area contributed by atoms with Crippen LogP contribution in [-0.2, 0) is 16.0 Å². The van der Waals surface area contributed by atoms with E-state index in [4.69, 9.17) is 18.9 Å². The third-order valence-corrected chi connectivity index (χ3v) is 7.22. The molecule has 1 heterocycles. The molecule has 3 aromatic rings. The van der Waals surface area contributed by atoms with Crippen LogP contribution in [-0.4, -0.2) is 50.1 Å². The zero-order valence-corrected chi connectivity index (χ0v) is 19.6. The molecular formula is C27H27NO7. The molecule has 5 atom stereocenters. The Balaban J connectivity index is 1.86. The molecule has 1 unspecified atom stereocenters. The number of ether oxygens (including phenoxy) is 4. The number of carbonyl (C=O) groups is 1. The Bertz CT molecular complexity index is 1230. The first-order chi connectivity index (χ1) is 17.0. The minimum atomic E-state index is -1.99. The summed E-state index contributed by atoms with van der Waals surface area (Å²) in [6.07, 6.45) is -0.911. The van der Waals surface area contributed by atoms with Gasteiger partial charge in [0.1, 0.15) is 29.1 Å². The number of aliphatic hydroxyl groups is 2. The minimum Gasteiger partial charge on any atom is -0.497 e. The summed E-state index contributed by atoms with van der Waals surface area (Å²) in [7, 11) is 4.57. The predicted molar refractivity (Wildman–Crippen MR) is 127 cm³/mol.